The molecule has 1 amide bonds. The van der Waals surface area contributed by atoms with Crippen LogP contribution in [0.2, 0.25) is 0 Å². The van der Waals surface area contributed by atoms with Gasteiger partial charge in [-0.15, -0.1) is 0 Å². The summed E-state index contributed by atoms with van der Waals surface area (Å²) in [6, 6.07) is 4.94. The summed E-state index contributed by atoms with van der Waals surface area (Å²) in [6.45, 7) is 1.70. The molecule has 1 aliphatic rings. The van der Waals surface area contributed by atoms with Crippen LogP contribution < -0.4 is 5.32 Å². The van der Waals surface area contributed by atoms with Crippen LogP contribution in [0.5, 0.6) is 0 Å². The lowest BCUT2D eigenvalue weighted by Crippen LogP contribution is -2.47. The molecule has 1 fully saturated rings. The largest absolute Gasteiger partial charge is 0.481 e. The summed E-state index contributed by atoms with van der Waals surface area (Å²) in [5.74, 6) is -1.10. The maximum atomic E-state index is 12.3. The van der Waals surface area contributed by atoms with Gasteiger partial charge in [0.15, 0.2) is 0 Å². The quantitative estimate of drug-likeness (QED) is 0.808. The third-order valence-electron chi connectivity index (χ3n) is 3.88. The second-order valence-electron chi connectivity index (χ2n) is 5.30. The van der Waals surface area contributed by atoms with Crippen molar-refractivity contribution in [3.63, 3.8) is 0 Å². The number of hydrogen-bond acceptors (Lipinski definition) is 2. The fourth-order valence-electron chi connectivity index (χ4n) is 2.58. The molecule has 6 heteroatoms. The molecule has 2 rings (SSSR count). The summed E-state index contributed by atoms with van der Waals surface area (Å²) < 4.78 is 1.59. The summed E-state index contributed by atoms with van der Waals surface area (Å²) in [7, 11) is 0. The molecule has 4 nitrogen and oxygen atoms in total. The molecule has 0 radical (unpaired) electrons. The number of amides is 1. The molecule has 0 saturated heterocycles. The van der Waals surface area contributed by atoms with Crippen molar-refractivity contribution in [2.45, 2.75) is 32.2 Å². The molecule has 1 saturated carbocycles. The second kappa shape index (κ2) is 5.85. The number of benzene rings is 1. The van der Waals surface area contributed by atoms with Crippen molar-refractivity contribution in [3.05, 3.63) is 32.7 Å². The zero-order chi connectivity index (χ0) is 14.9. The lowest BCUT2D eigenvalue weighted by Gasteiger charge is -2.27. The van der Waals surface area contributed by atoms with Crippen LogP contribution in [-0.2, 0) is 4.79 Å². The first kappa shape index (κ1) is 15.5. The molecule has 2 N–H and O–H groups in total. The minimum Gasteiger partial charge on any atom is -0.481 e. The zero-order valence-corrected chi connectivity index (χ0v) is 14.1. The van der Waals surface area contributed by atoms with Gasteiger partial charge in [-0.1, -0.05) is 38.3 Å². The van der Waals surface area contributed by atoms with Crippen molar-refractivity contribution in [2.24, 2.45) is 5.41 Å². The summed E-state index contributed by atoms with van der Waals surface area (Å²) in [6.07, 6.45) is 2.11. The minimum absolute atomic E-state index is 0.244. The van der Waals surface area contributed by atoms with Crippen LogP contribution >= 0.6 is 31.9 Å². The number of carbonyl (C=O) groups is 2. The Morgan fingerprint density at radius 3 is 2.45 bits per heavy atom. The Kier molecular flexibility index (Phi) is 4.54. The summed E-state index contributed by atoms with van der Waals surface area (Å²) in [5.41, 5.74) is -0.371. The fraction of sp³-hybridized carbons (Fsp3) is 0.429. The summed E-state index contributed by atoms with van der Waals surface area (Å²) in [4.78, 5) is 23.7. The number of nitrogens with one attached hydrogen (secondary N) is 1. The predicted octanol–water partition coefficient (Wildman–Crippen LogP) is 3.58. The van der Waals surface area contributed by atoms with Gasteiger partial charge >= 0.3 is 5.97 Å². The minimum atomic E-state index is -0.876. The Morgan fingerprint density at radius 1 is 1.30 bits per heavy atom. The Hall–Kier alpha value is -0.880. The SMILES string of the molecule is CC1(C(=O)O)CCCC1NC(=O)c1cc(Br)cc(Br)c1. The Morgan fingerprint density at radius 2 is 1.90 bits per heavy atom. The van der Waals surface area contributed by atoms with E-state index in [0.29, 0.717) is 18.4 Å². The van der Waals surface area contributed by atoms with Crippen molar-refractivity contribution in [1.82, 2.24) is 5.32 Å². The highest BCUT2D eigenvalue weighted by Crippen LogP contribution is 2.38. The van der Waals surface area contributed by atoms with Crippen molar-refractivity contribution in [1.29, 1.82) is 0 Å². The van der Waals surface area contributed by atoms with Crippen LogP contribution in [0.1, 0.15) is 36.5 Å². The number of hydrogen-bond donors (Lipinski definition) is 2. The Bertz CT molecular complexity index is 541. The molecule has 2 atom stereocenters. The molecule has 0 spiro atoms. The van der Waals surface area contributed by atoms with Crippen LogP contribution in [0.25, 0.3) is 0 Å². The van der Waals surface area contributed by atoms with E-state index in [2.05, 4.69) is 37.2 Å². The van der Waals surface area contributed by atoms with E-state index in [4.69, 9.17) is 0 Å². The lowest BCUT2D eigenvalue weighted by atomic mass is 9.85. The van der Waals surface area contributed by atoms with Gasteiger partial charge in [0.05, 0.1) is 5.41 Å². The van der Waals surface area contributed by atoms with E-state index in [9.17, 15) is 14.7 Å². The number of rotatable bonds is 3. The molecule has 0 aromatic heterocycles. The highest BCUT2D eigenvalue weighted by atomic mass is 79.9. The molecule has 1 aliphatic carbocycles. The smallest absolute Gasteiger partial charge is 0.311 e. The molecule has 20 heavy (non-hydrogen) atoms. The van der Waals surface area contributed by atoms with E-state index < -0.39 is 11.4 Å². The fourth-order valence-corrected chi connectivity index (χ4v) is 3.87. The van der Waals surface area contributed by atoms with Gasteiger partial charge < -0.3 is 10.4 Å². The van der Waals surface area contributed by atoms with Crippen molar-refractivity contribution >= 4 is 43.7 Å². The lowest BCUT2D eigenvalue weighted by molar-refractivity contribution is -0.148. The average Bonchev–Trinajstić information content (AvgIpc) is 2.71. The summed E-state index contributed by atoms with van der Waals surface area (Å²) >= 11 is 6.67. The van der Waals surface area contributed by atoms with Crippen LogP contribution in [0.3, 0.4) is 0 Å². The third-order valence-corrected chi connectivity index (χ3v) is 4.79. The van der Waals surface area contributed by atoms with Gasteiger partial charge in [-0.3, -0.25) is 9.59 Å². The number of halogens is 2. The van der Waals surface area contributed by atoms with E-state index in [1.807, 2.05) is 6.07 Å². The van der Waals surface area contributed by atoms with Gasteiger partial charge in [-0.25, -0.2) is 0 Å². The maximum absolute atomic E-state index is 12.3. The average molecular weight is 405 g/mol. The van der Waals surface area contributed by atoms with Gasteiger partial charge in [0.2, 0.25) is 0 Å². The molecule has 2 unspecified atom stereocenters. The number of aliphatic carboxylic acids is 1. The molecule has 108 valence electrons. The van der Waals surface area contributed by atoms with Crippen LogP contribution in [0, 0.1) is 5.41 Å². The molecule has 0 bridgehead atoms. The number of carbonyl (C=O) groups excluding carboxylic acids is 1. The second-order valence-corrected chi connectivity index (χ2v) is 7.13. The summed E-state index contributed by atoms with van der Waals surface area (Å²) in [5, 5.41) is 12.2. The topological polar surface area (TPSA) is 66.4 Å². The Labute approximate surface area is 134 Å². The van der Waals surface area contributed by atoms with Crippen molar-refractivity contribution in [3.8, 4) is 0 Å². The van der Waals surface area contributed by atoms with Gasteiger partial charge in [0.1, 0.15) is 0 Å². The van der Waals surface area contributed by atoms with Gasteiger partial charge in [-0.2, -0.15) is 0 Å². The van der Waals surface area contributed by atoms with Crippen LogP contribution in [-0.4, -0.2) is 23.0 Å². The standard InChI is InChI=1S/C14H15Br2NO3/c1-14(13(19)20)4-2-3-11(14)17-12(18)8-5-9(15)7-10(16)6-8/h5-7,11H,2-4H2,1H3,(H,17,18)(H,19,20). The predicted molar refractivity (Wildman–Crippen MR) is 82.7 cm³/mol. The normalized spacial score (nSPS) is 25.4. The first-order chi connectivity index (χ1) is 9.33. The van der Waals surface area contributed by atoms with Gasteiger partial charge in [-0.05, 0) is 38.0 Å². The van der Waals surface area contributed by atoms with E-state index in [1.54, 1.807) is 19.1 Å². The highest BCUT2D eigenvalue weighted by molar-refractivity contribution is 9.11. The first-order valence-corrected chi connectivity index (χ1v) is 7.92. The molecular weight excluding hydrogens is 390 g/mol. The molecule has 0 heterocycles. The van der Waals surface area contributed by atoms with E-state index >= 15 is 0 Å². The molecule has 1 aromatic carbocycles. The van der Waals surface area contributed by atoms with Crippen LogP contribution in [0.4, 0.5) is 0 Å². The van der Waals surface area contributed by atoms with E-state index in [-0.39, 0.29) is 11.9 Å². The van der Waals surface area contributed by atoms with E-state index in [1.165, 1.54) is 0 Å². The first-order valence-electron chi connectivity index (χ1n) is 6.33. The highest BCUT2D eigenvalue weighted by Gasteiger charge is 2.45. The molecule has 1 aromatic rings. The molecule has 0 aliphatic heterocycles. The van der Waals surface area contributed by atoms with Gasteiger partial charge in [0.25, 0.3) is 5.91 Å². The van der Waals surface area contributed by atoms with Crippen molar-refractivity contribution in [2.75, 3.05) is 0 Å². The maximum Gasteiger partial charge on any atom is 0.311 e. The monoisotopic (exact) mass is 403 g/mol. The Balaban J connectivity index is 2.17. The molecular formula is C14H15Br2NO3. The number of carboxylic acid groups (broad SMARTS) is 1. The number of carboxylic acids is 1. The van der Waals surface area contributed by atoms with E-state index in [0.717, 1.165) is 15.4 Å². The van der Waals surface area contributed by atoms with Gasteiger partial charge in [0, 0.05) is 20.6 Å². The zero-order valence-electron chi connectivity index (χ0n) is 11.0. The van der Waals surface area contributed by atoms with Crippen LogP contribution in [0.15, 0.2) is 27.1 Å². The van der Waals surface area contributed by atoms with Crippen molar-refractivity contribution < 1.29 is 14.7 Å². The third kappa shape index (κ3) is 3.06.